The van der Waals surface area contributed by atoms with Crippen LogP contribution in [0.2, 0.25) is 0 Å². The Morgan fingerprint density at radius 2 is 2.11 bits per heavy atom. The summed E-state index contributed by atoms with van der Waals surface area (Å²) in [5, 5.41) is 3.75. The predicted octanol–water partition coefficient (Wildman–Crippen LogP) is 3.79. The molecule has 1 saturated carbocycles. The van der Waals surface area contributed by atoms with E-state index < -0.39 is 0 Å². The molecule has 0 amide bonds. The van der Waals surface area contributed by atoms with Gasteiger partial charge in [-0.15, -0.1) is 11.3 Å². The second-order valence-electron chi connectivity index (χ2n) is 4.84. The van der Waals surface area contributed by atoms with Crippen LogP contribution in [0.5, 0.6) is 0 Å². The largest absolute Gasteiger partial charge is 0.422 e. The van der Waals surface area contributed by atoms with Crippen molar-refractivity contribution < 1.29 is 4.42 Å². The Morgan fingerprint density at radius 1 is 1.26 bits per heavy atom. The molecule has 1 fully saturated rings. The molecular formula is C15H11NO2S. The van der Waals surface area contributed by atoms with E-state index in [1.807, 2.05) is 24.3 Å². The van der Waals surface area contributed by atoms with Crippen molar-refractivity contribution in [1.82, 2.24) is 4.98 Å². The van der Waals surface area contributed by atoms with Gasteiger partial charge in [-0.1, -0.05) is 18.2 Å². The van der Waals surface area contributed by atoms with Crippen molar-refractivity contribution in [1.29, 1.82) is 0 Å². The maximum atomic E-state index is 12.0. The summed E-state index contributed by atoms with van der Waals surface area (Å²) >= 11 is 1.52. The van der Waals surface area contributed by atoms with Crippen LogP contribution in [0.4, 0.5) is 0 Å². The third-order valence-electron chi connectivity index (χ3n) is 3.39. The first-order valence-corrected chi connectivity index (χ1v) is 7.18. The number of aromatic nitrogens is 1. The topological polar surface area (TPSA) is 43.1 Å². The first-order chi connectivity index (χ1) is 9.31. The summed E-state index contributed by atoms with van der Waals surface area (Å²) < 4.78 is 5.34. The third-order valence-corrected chi connectivity index (χ3v) is 4.28. The molecule has 1 aliphatic carbocycles. The number of benzene rings is 1. The number of hydrogen-bond acceptors (Lipinski definition) is 4. The number of para-hydroxylation sites is 1. The summed E-state index contributed by atoms with van der Waals surface area (Å²) in [6, 6.07) is 9.41. The molecule has 0 spiro atoms. The highest BCUT2D eigenvalue weighted by Gasteiger charge is 2.26. The SMILES string of the molecule is O=c1oc2ccccc2cc1-c1nc(C2CC2)cs1. The monoisotopic (exact) mass is 269 g/mol. The van der Waals surface area contributed by atoms with Crippen LogP contribution >= 0.6 is 11.3 Å². The van der Waals surface area contributed by atoms with Gasteiger partial charge in [-0.25, -0.2) is 9.78 Å². The zero-order valence-electron chi connectivity index (χ0n) is 10.1. The zero-order valence-corrected chi connectivity index (χ0v) is 10.9. The maximum Gasteiger partial charge on any atom is 0.346 e. The molecule has 0 saturated heterocycles. The van der Waals surface area contributed by atoms with E-state index in [0.29, 0.717) is 17.1 Å². The average Bonchev–Trinajstić information content (AvgIpc) is 3.16. The standard InChI is InChI=1S/C15H11NO2S/c17-15-11(7-10-3-1-2-4-13(10)18-15)14-16-12(8-19-14)9-5-6-9/h1-4,7-9H,5-6H2. The van der Waals surface area contributed by atoms with Gasteiger partial charge in [-0.3, -0.25) is 0 Å². The lowest BCUT2D eigenvalue weighted by Crippen LogP contribution is -2.02. The fraction of sp³-hybridized carbons (Fsp3) is 0.200. The minimum Gasteiger partial charge on any atom is -0.422 e. The van der Waals surface area contributed by atoms with Gasteiger partial charge in [-0.05, 0) is 25.0 Å². The lowest BCUT2D eigenvalue weighted by molar-refractivity contribution is 0.563. The summed E-state index contributed by atoms with van der Waals surface area (Å²) in [7, 11) is 0. The molecule has 1 aliphatic rings. The molecular weight excluding hydrogens is 258 g/mol. The quantitative estimate of drug-likeness (QED) is 0.665. The third kappa shape index (κ3) is 1.88. The lowest BCUT2D eigenvalue weighted by Gasteiger charge is -1.98. The van der Waals surface area contributed by atoms with Crippen molar-refractivity contribution in [2.24, 2.45) is 0 Å². The fourth-order valence-electron chi connectivity index (χ4n) is 2.19. The molecule has 0 aliphatic heterocycles. The molecule has 1 aromatic carbocycles. The van der Waals surface area contributed by atoms with Crippen molar-refractivity contribution >= 4 is 22.3 Å². The molecule has 4 heteroatoms. The van der Waals surface area contributed by atoms with Gasteiger partial charge in [-0.2, -0.15) is 0 Å². The highest BCUT2D eigenvalue weighted by molar-refractivity contribution is 7.13. The molecule has 94 valence electrons. The molecule has 3 aromatic rings. The average molecular weight is 269 g/mol. The number of hydrogen-bond donors (Lipinski definition) is 0. The number of rotatable bonds is 2. The number of nitrogens with zero attached hydrogens (tertiary/aromatic N) is 1. The second-order valence-corrected chi connectivity index (χ2v) is 5.70. The van der Waals surface area contributed by atoms with Gasteiger partial charge in [0, 0.05) is 16.7 Å². The van der Waals surface area contributed by atoms with Crippen LogP contribution < -0.4 is 5.63 Å². The Morgan fingerprint density at radius 3 is 2.95 bits per heavy atom. The second kappa shape index (κ2) is 4.03. The van der Waals surface area contributed by atoms with Crippen LogP contribution in [0.25, 0.3) is 21.5 Å². The Bertz CT molecular complexity index is 814. The van der Waals surface area contributed by atoms with Crippen LogP contribution in [0.1, 0.15) is 24.5 Å². The van der Waals surface area contributed by atoms with Crippen LogP contribution in [-0.2, 0) is 0 Å². The van der Waals surface area contributed by atoms with Gasteiger partial charge in [0.05, 0.1) is 11.3 Å². The lowest BCUT2D eigenvalue weighted by atomic mass is 10.2. The fourth-order valence-corrected chi connectivity index (χ4v) is 3.09. The highest BCUT2D eigenvalue weighted by atomic mass is 32.1. The van der Waals surface area contributed by atoms with Crippen molar-refractivity contribution in [3.8, 4) is 10.6 Å². The van der Waals surface area contributed by atoms with Crippen molar-refractivity contribution in [3.63, 3.8) is 0 Å². The summed E-state index contributed by atoms with van der Waals surface area (Å²) in [6.07, 6.45) is 2.44. The predicted molar refractivity (Wildman–Crippen MR) is 75.6 cm³/mol. The van der Waals surface area contributed by atoms with Crippen LogP contribution in [0.15, 0.2) is 44.9 Å². The molecule has 0 bridgehead atoms. The Hall–Kier alpha value is -1.94. The smallest absolute Gasteiger partial charge is 0.346 e. The first kappa shape index (κ1) is 10.9. The van der Waals surface area contributed by atoms with Crippen LogP contribution in [0, 0.1) is 0 Å². The Balaban J connectivity index is 1.88. The van der Waals surface area contributed by atoms with Crippen molar-refractivity contribution in [2.45, 2.75) is 18.8 Å². The summed E-state index contributed by atoms with van der Waals surface area (Å²) in [6.45, 7) is 0. The van der Waals surface area contributed by atoms with E-state index in [-0.39, 0.29) is 5.63 Å². The normalized spacial score (nSPS) is 14.9. The minimum atomic E-state index is -0.310. The molecule has 2 heterocycles. The van der Waals surface area contributed by atoms with E-state index in [1.165, 1.54) is 24.2 Å². The zero-order chi connectivity index (χ0) is 12.8. The van der Waals surface area contributed by atoms with Gasteiger partial charge < -0.3 is 4.42 Å². The van der Waals surface area contributed by atoms with Gasteiger partial charge in [0.25, 0.3) is 0 Å². The van der Waals surface area contributed by atoms with Gasteiger partial charge in [0.1, 0.15) is 10.6 Å². The van der Waals surface area contributed by atoms with Crippen molar-refractivity contribution in [3.05, 3.63) is 51.8 Å². The van der Waals surface area contributed by atoms with E-state index in [9.17, 15) is 4.79 Å². The van der Waals surface area contributed by atoms with Crippen molar-refractivity contribution in [2.75, 3.05) is 0 Å². The summed E-state index contributed by atoms with van der Waals surface area (Å²) in [5.41, 5.74) is 1.99. The summed E-state index contributed by atoms with van der Waals surface area (Å²) in [5.74, 6) is 0.609. The van der Waals surface area contributed by atoms with Crippen LogP contribution in [-0.4, -0.2) is 4.98 Å². The molecule has 0 atom stereocenters. The minimum absolute atomic E-state index is 0.310. The van der Waals surface area contributed by atoms with Gasteiger partial charge >= 0.3 is 5.63 Å². The molecule has 19 heavy (non-hydrogen) atoms. The Kier molecular flexibility index (Phi) is 2.32. The Labute approximate surface area is 113 Å². The first-order valence-electron chi connectivity index (χ1n) is 6.30. The summed E-state index contributed by atoms with van der Waals surface area (Å²) in [4.78, 5) is 16.6. The highest BCUT2D eigenvalue weighted by Crippen LogP contribution is 2.41. The van der Waals surface area contributed by atoms with E-state index in [4.69, 9.17) is 4.42 Å². The van der Waals surface area contributed by atoms with E-state index in [2.05, 4.69) is 10.4 Å². The van der Waals surface area contributed by atoms with E-state index >= 15 is 0 Å². The van der Waals surface area contributed by atoms with Gasteiger partial charge in [0.2, 0.25) is 0 Å². The number of thiazole rings is 1. The molecule has 0 N–H and O–H groups in total. The van der Waals surface area contributed by atoms with Crippen LogP contribution in [0.3, 0.4) is 0 Å². The van der Waals surface area contributed by atoms with Gasteiger partial charge in [0.15, 0.2) is 0 Å². The maximum absolute atomic E-state index is 12.0. The molecule has 4 rings (SSSR count). The molecule has 0 radical (unpaired) electrons. The molecule has 2 aromatic heterocycles. The van der Waals surface area contributed by atoms with E-state index in [1.54, 1.807) is 6.07 Å². The molecule has 0 unspecified atom stereocenters. The molecule has 3 nitrogen and oxygen atoms in total. The number of fused-ring (bicyclic) bond motifs is 1. The van der Waals surface area contributed by atoms with E-state index in [0.717, 1.165) is 16.1 Å².